The summed E-state index contributed by atoms with van der Waals surface area (Å²) in [6.45, 7) is 3.07. The van der Waals surface area contributed by atoms with Gasteiger partial charge in [0.25, 0.3) is 0 Å². The molecule has 0 aliphatic rings. The standard InChI is InChI=1S/C19H31NO2.Na/c1-2-3-4-5-6-7-8-9-10-13-16-20-18-15-12-11-14-17(18)19(21)22;/h11-12,14-15,20H,2-10,13,16H2,1H3,(H,21,22);/q;+1/p-1. The topological polar surface area (TPSA) is 52.2 Å². The molecule has 0 aliphatic carbocycles. The Balaban J connectivity index is 0.00000484. The summed E-state index contributed by atoms with van der Waals surface area (Å²) in [6, 6.07) is 6.93. The molecule has 0 bridgehead atoms. The summed E-state index contributed by atoms with van der Waals surface area (Å²) in [5.74, 6) is -1.12. The summed E-state index contributed by atoms with van der Waals surface area (Å²) < 4.78 is 0. The maximum absolute atomic E-state index is 11.0. The number of benzene rings is 1. The number of aromatic carboxylic acids is 1. The fraction of sp³-hybridized carbons (Fsp3) is 0.632. The molecule has 0 fully saturated rings. The number of carboxylic acid groups (broad SMARTS) is 1. The summed E-state index contributed by atoms with van der Waals surface area (Å²) in [6.07, 6.45) is 13.1. The van der Waals surface area contributed by atoms with Gasteiger partial charge in [-0.2, -0.15) is 0 Å². The predicted molar refractivity (Wildman–Crippen MR) is 91.1 cm³/mol. The van der Waals surface area contributed by atoms with Gasteiger partial charge in [0.2, 0.25) is 0 Å². The molecule has 1 N–H and O–H groups in total. The Morgan fingerprint density at radius 2 is 1.43 bits per heavy atom. The van der Waals surface area contributed by atoms with E-state index in [2.05, 4.69) is 12.2 Å². The van der Waals surface area contributed by atoms with Crippen LogP contribution in [0.4, 0.5) is 5.69 Å². The average molecular weight is 327 g/mol. The number of unbranched alkanes of at least 4 members (excludes halogenated alkanes) is 9. The Morgan fingerprint density at radius 1 is 0.913 bits per heavy atom. The van der Waals surface area contributed by atoms with E-state index in [1.165, 1.54) is 57.8 Å². The van der Waals surface area contributed by atoms with Crippen molar-refractivity contribution < 1.29 is 39.5 Å². The number of rotatable bonds is 13. The maximum atomic E-state index is 11.0. The van der Waals surface area contributed by atoms with E-state index in [4.69, 9.17) is 0 Å². The van der Waals surface area contributed by atoms with Crippen LogP contribution in [0.2, 0.25) is 0 Å². The molecular weight excluding hydrogens is 297 g/mol. The molecule has 3 nitrogen and oxygen atoms in total. The number of hydrogen-bond donors (Lipinski definition) is 1. The monoisotopic (exact) mass is 327 g/mol. The first kappa shape index (κ1) is 22.5. The van der Waals surface area contributed by atoms with Crippen molar-refractivity contribution in [3.05, 3.63) is 29.8 Å². The van der Waals surface area contributed by atoms with Crippen molar-refractivity contribution in [2.75, 3.05) is 11.9 Å². The molecule has 0 spiro atoms. The zero-order valence-corrected chi connectivity index (χ0v) is 16.9. The van der Waals surface area contributed by atoms with E-state index in [9.17, 15) is 9.90 Å². The van der Waals surface area contributed by atoms with Crippen LogP contribution >= 0.6 is 0 Å². The molecule has 0 aromatic heterocycles. The molecule has 1 aromatic rings. The summed E-state index contributed by atoms with van der Waals surface area (Å²) in [5.41, 5.74) is 0.910. The van der Waals surface area contributed by atoms with E-state index in [0.29, 0.717) is 5.69 Å². The van der Waals surface area contributed by atoms with Crippen LogP contribution in [0.3, 0.4) is 0 Å². The number of anilines is 1. The molecule has 1 rings (SSSR count). The molecule has 4 heteroatoms. The Hall–Kier alpha value is -0.510. The van der Waals surface area contributed by atoms with Crippen LogP contribution in [0.1, 0.15) is 81.5 Å². The van der Waals surface area contributed by atoms with E-state index in [0.717, 1.165) is 13.0 Å². The molecule has 0 atom stereocenters. The largest absolute Gasteiger partial charge is 1.00 e. The number of carbonyl (C=O) groups excluding carboxylic acids is 1. The SMILES string of the molecule is CCCCCCCCCCCCNc1ccccc1C(=O)[O-].[Na+]. The minimum atomic E-state index is -1.12. The van der Waals surface area contributed by atoms with Crippen LogP contribution < -0.4 is 40.0 Å². The van der Waals surface area contributed by atoms with Gasteiger partial charge in [-0.05, 0) is 12.5 Å². The van der Waals surface area contributed by atoms with E-state index in [-0.39, 0.29) is 35.1 Å². The summed E-state index contributed by atoms with van der Waals surface area (Å²) in [4.78, 5) is 11.0. The third-order valence-corrected chi connectivity index (χ3v) is 3.99. The van der Waals surface area contributed by atoms with E-state index in [1.54, 1.807) is 18.2 Å². The van der Waals surface area contributed by atoms with Gasteiger partial charge >= 0.3 is 29.6 Å². The predicted octanol–water partition coefficient (Wildman–Crippen LogP) is 1.39. The zero-order chi connectivity index (χ0) is 16.0. The zero-order valence-electron chi connectivity index (χ0n) is 14.9. The van der Waals surface area contributed by atoms with Gasteiger partial charge in [0.1, 0.15) is 0 Å². The minimum Gasteiger partial charge on any atom is -0.545 e. The average Bonchev–Trinajstić information content (AvgIpc) is 2.53. The molecule has 23 heavy (non-hydrogen) atoms. The molecule has 0 saturated heterocycles. The van der Waals surface area contributed by atoms with Crippen LogP contribution in [0.25, 0.3) is 0 Å². The van der Waals surface area contributed by atoms with Crippen molar-refractivity contribution in [1.82, 2.24) is 0 Å². The van der Waals surface area contributed by atoms with Crippen molar-refractivity contribution >= 4 is 11.7 Å². The van der Waals surface area contributed by atoms with Gasteiger partial charge in [-0.25, -0.2) is 0 Å². The number of nitrogens with one attached hydrogen (secondary N) is 1. The van der Waals surface area contributed by atoms with Gasteiger partial charge < -0.3 is 15.2 Å². The van der Waals surface area contributed by atoms with Crippen molar-refractivity contribution in [2.45, 2.75) is 71.1 Å². The van der Waals surface area contributed by atoms with Crippen molar-refractivity contribution in [1.29, 1.82) is 0 Å². The van der Waals surface area contributed by atoms with Crippen LogP contribution in [-0.4, -0.2) is 12.5 Å². The van der Waals surface area contributed by atoms with Gasteiger partial charge in [-0.3, -0.25) is 0 Å². The molecule has 0 heterocycles. The van der Waals surface area contributed by atoms with Gasteiger partial charge in [0.15, 0.2) is 0 Å². The molecule has 0 saturated carbocycles. The van der Waals surface area contributed by atoms with Gasteiger partial charge in [0, 0.05) is 17.8 Å². The normalized spacial score (nSPS) is 10.1. The molecule has 1 aromatic carbocycles. The number of carbonyl (C=O) groups is 1. The van der Waals surface area contributed by atoms with E-state index in [1.807, 2.05) is 6.07 Å². The molecule has 0 amide bonds. The third kappa shape index (κ3) is 10.8. The Labute approximate surface area is 163 Å². The second-order valence-electron chi connectivity index (χ2n) is 5.94. The first-order chi connectivity index (χ1) is 10.8. The Morgan fingerprint density at radius 3 is 2.00 bits per heavy atom. The fourth-order valence-electron chi connectivity index (χ4n) is 2.65. The van der Waals surface area contributed by atoms with Gasteiger partial charge in [-0.15, -0.1) is 0 Å². The molecular formula is C19H30NNaO2. The van der Waals surface area contributed by atoms with Crippen LogP contribution in [0, 0.1) is 0 Å². The molecule has 0 radical (unpaired) electrons. The van der Waals surface area contributed by atoms with Crippen molar-refractivity contribution in [3.8, 4) is 0 Å². The summed E-state index contributed by atoms with van der Waals surface area (Å²) in [5, 5.41) is 14.2. The van der Waals surface area contributed by atoms with Crippen LogP contribution in [0.5, 0.6) is 0 Å². The third-order valence-electron chi connectivity index (χ3n) is 3.99. The van der Waals surface area contributed by atoms with Crippen molar-refractivity contribution in [3.63, 3.8) is 0 Å². The number of carboxylic acids is 1. The summed E-state index contributed by atoms with van der Waals surface area (Å²) >= 11 is 0. The van der Waals surface area contributed by atoms with Crippen molar-refractivity contribution in [2.24, 2.45) is 0 Å². The quantitative estimate of drug-likeness (QED) is 0.440. The van der Waals surface area contributed by atoms with Crippen LogP contribution in [-0.2, 0) is 0 Å². The van der Waals surface area contributed by atoms with Gasteiger partial charge in [-0.1, -0.05) is 82.9 Å². The second kappa shape index (κ2) is 15.0. The fourth-order valence-corrected chi connectivity index (χ4v) is 2.65. The van der Waals surface area contributed by atoms with E-state index >= 15 is 0 Å². The molecule has 124 valence electrons. The van der Waals surface area contributed by atoms with Crippen LogP contribution in [0.15, 0.2) is 24.3 Å². The first-order valence-electron chi connectivity index (χ1n) is 8.80. The Bertz CT molecular complexity index is 424. The van der Waals surface area contributed by atoms with Gasteiger partial charge in [0.05, 0.1) is 5.97 Å². The second-order valence-corrected chi connectivity index (χ2v) is 5.94. The molecule has 0 unspecified atom stereocenters. The summed E-state index contributed by atoms with van der Waals surface area (Å²) in [7, 11) is 0. The number of para-hydroxylation sites is 1. The van der Waals surface area contributed by atoms with E-state index < -0.39 is 5.97 Å². The first-order valence-corrected chi connectivity index (χ1v) is 8.80. The minimum absolute atomic E-state index is 0. The number of hydrogen-bond acceptors (Lipinski definition) is 3. The Kier molecular flexibility index (Phi) is 14.7. The molecule has 0 aliphatic heterocycles. The maximum Gasteiger partial charge on any atom is 1.00 e. The smallest absolute Gasteiger partial charge is 0.545 e.